The lowest BCUT2D eigenvalue weighted by Crippen LogP contribution is -2.47. The first kappa shape index (κ1) is 27.5. The van der Waals surface area contributed by atoms with Crippen LogP contribution in [0.3, 0.4) is 0 Å². The molecule has 11 heteroatoms. The third kappa shape index (κ3) is 5.91. The molecule has 0 radical (unpaired) electrons. The zero-order valence-corrected chi connectivity index (χ0v) is 23.4. The first-order valence-electron chi connectivity index (χ1n) is 12.2. The van der Waals surface area contributed by atoms with Crippen molar-refractivity contribution in [2.45, 2.75) is 12.5 Å². The van der Waals surface area contributed by atoms with Crippen molar-refractivity contribution in [3.8, 4) is 27.5 Å². The number of thiophene rings is 1. The minimum absolute atomic E-state index is 0.00882. The van der Waals surface area contributed by atoms with Crippen molar-refractivity contribution in [1.82, 2.24) is 25.4 Å². The second-order valence-electron chi connectivity index (χ2n) is 8.77. The standard InChI is InChI=1S/C29H22Cl2FN5O2S/c1-33-28(38)24(13-17-5-2-3-7-22(17)32)35-29(39)27-11-10-26(40-27)25-15-23(18-6-4-12-34-16-18)36-37(25)19-8-9-20(30)21(31)14-19/h2-12,14-16,24H,13H2,1H3,(H,33,38)(H,35,39)/t24-/m0/s1. The molecule has 0 aliphatic carbocycles. The molecule has 0 bridgehead atoms. The maximum atomic E-state index is 14.2. The van der Waals surface area contributed by atoms with Crippen LogP contribution in [0.2, 0.25) is 10.0 Å². The van der Waals surface area contributed by atoms with Gasteiger partial charge in [-0.3, -0.25) is 14.6 Å². The molecule has 0 unspecified atom stereocenters. The van der Waals surface area contributed by atoms with Crippen LogP contribution in [-0.2, 0) is 11.2 Å². The number of benzene rings is 2. The van der Waals surface area contributed by atoms with E-state index in [0.29, 0.717) is 31.9 Å². The van der Waals surface area contributed by atoms with E-state index in [0.717, 1.165) is 16.1 Å². The number of amides is 2. The maximum Gasteiger partial charge on any atom is 0.262 e. The predicted octanol–water partition coefficient (Wildman–Crippen LogP) is 6.20. The van der Waals surface area contributed by atoms with Gasteiger partial charge in [-0.05, 0) is 60.2 Å². The first-order valence-corrected chi connectivity index (χ1v) is 13.7. The Morgan fingerprint density at radius 2 is 1.85 bits per heavy atom. The molecule has 0 fully saturated rings. The van der Waals surface area contributed by atoms with E-state index in [1.165, 1.54) is 24.5 Å². The number of likely N-dealkylation sites (N-methyl/N-ethyl adjacent to an activating group) is 1. The van der Waals surface area contributed by atoms with Crippen LogP contribution in [0.25, 0.3) is 27.5 Å². The van der Waals surface area contributed by atoms with Gasteiger partial charge in [-0.15, -0.1) is 11.3 Å². The fourth-order valence-electron chi connectivity index (χ4n) is 4.12. The van der Waals surface area contributed by atoms with Gasteiger partial charge in [0.25, 0.3) is 5.91 Å². The van der Waals surface area contributed by atoms with Gasteiger partial charge in [0, 0.05) is 31.4 Å². The Morgan fingerprint density at radius 3 is 2.58 bits per heavy atom. The molecule has 5 rings (SSSR count). The maximum absolute atomic E-state index is 14.2. The van der Waals surface area contributed by atoms with Crippen LogP contribution in [0.5, 0.6) is 0 Å². The molecule has 2 N–H and O–H groups in total. The van der Waals surface area contributed by atoms with Crippen molar-refractivity contribution in [2.75, 3.05) is 7.05 Å². The highest BCUT2D eigenvalue weighted by Crippen LogP contribution is 2.34. The van der Waals surface area contributed by atoms with Crippen LogP contribution in [-0.4, -0.2) is 39.7 Å². The fourth-order valence-corrected chi connectivity index (χ4v) is 5.32. The van der Waals surface area contributed by atoms with E-state index in [-0.39, 0.29) is 6.42 Å². The van der Waals surface area contributed by atoms with Crippen molar-refractivity contribution in [2.24, 2.45) is 0 Å². The minimum Gasteiger partial charge on any atom is -0.357 e. The zero-order valence-electron chi connectivity index (χ0n) is 21.1. The molecular weight excluding hydrogens is 572 g/mol. The SMILES string of the molecule is CNC(=O)[C@H](Cc1ccccc1F)NC(=O)c1ccc(-c2cc(-c3cccnc3)nn2-c2ccc(Cl)c(Cl)c2)s1. The number of pyridine rings is 1. The van der Waals surface area contributed by atoms with E-state index in [1.54, 1.807) is 59.5 Å². The molecule has 7 nitrogen and oxygen atoms in total. The number of carbonyl (C=O) groups is 2. The Balaban J connectivity index is 1.47. The predicted molar refractivity (Wildman–Crippen MR) is 156 cm³/mol. The summed E-state index contributed by atoms with van der Waals surface area (Å²) in [6, 6.07) is 19.5. The third-order valence-electron chi connectivity index (χ3n) is 6.15. The van der Waals surface area contributed by atoms with E-state index >= 15 is 0 Å². The normalized spacial score (nSPS) is 11.7. The molecule has 2 aromatic carbocycles. The van der Waals surface area contributed by atoms with Crippen molar-refractivity contribution < 1.29 is 14.0 Å². The molecule has 0 spiro atoms. The molecule has 2 amide bonds. The first-order chi connectivity index (χ1) is 19.3. The summed E-state index contributed by atoms with van der Waals surface area (Å²) in [6.45, 7) is 0. The van der Waals surface area contributed by atoms with Gasteiger partial charge in [-0.2, -0.15) is 5.10 Å². The van der Waals surface area contributed by atoms with Gasteiger partial charge in [0.2, 0.25) is 5.91 Å². The smallest absolute Gasteiger partial charge is 0.262 e. The Labute approximate surface area is 243 Å². The lowest BCUT2D eigenvalue weighted by molar-refractivity contribution is -0.122. The van der Waals surface area contributed by atoms with Crippen LogP contribution in [0.1, 0.15) is 15.2 Å². The number of rotatable bonds is 8. The van der Waals surface area contributed by atoms with Gasteiger partial charge in [0.05, 0.1) is 36.9 Å². The Kier molecular flexibility index (Phi) is 8.25. The van der Waals surface area contributed by atoms with Crippen LogP contribution < -0.4 is 10.6 Å². The number of hydrogen-bond donors (Lipinski definition) is 2. The second kappa shape index (κ2) is 12.0. The number of halogens is 3. The fraction of sp³-hybridized carbons (Fsp3) is 0.103. The quantitative estimate of drug-likeness (QED) is 0.224. The summed E-state index contributed by atoms with van der Waals surface area (Å²) in [7, 11) is 1.47. The van der Waals surface area contributed by atoms with Gasteiger partial charge in [0.1, 0.15) is 11.9 Å². The third-order valence-corrected chi connectivity index (χ3v) is 7.99. The van der Waals surface area contributed by atoms with Crippen LogP contribution in [0.15, 0.2) is 85.2 Å². The number of nitrogens with one attached hydrogen (secondary N) is 2. The molecule has 202 valence electrons. The minimum atomic E-state index is -0.959. The lowest BCUT2D eigenvalue weighted by Gasteiger charge is -2.17. The van der Waals surface area contributed by atoms with Gasteiger partial charge in [-0.1, -0.05) is 41.4 Å². The summed E-state index contributed by atoms with van der Waals surface area (Å²) in [5.74, 6) is -1.31. The van der Waals surface area contributed by atoms with Crippen LogP contribution in [0, 0.1) is 5.82 Å². The van der Waals surface area contributed by atoms with E-state index in [9.17, 15) is 14.0 Å². The summed E-state index contributed by atoms with van der Waals surface area (Å²) in [6.07, 6.45) is 3.41. The van der Waals surface area contributed by atoms with Crippen molar-refractivity contribution in [3.63, 3.8) is 0 Å². The molecule has 40 heavy (non-hydrogen) atoms. The Morgan fingerprint density at radius 1 is 1.02 bits per heavy atom. The monoisotopic (exact) mass is 593 g/mol. The molecule has 3 aromatic heterocycles. The molecule has 0 aliphatic rings. The van der Waals surface area contributed by atoms with Crippen molar-refractivity contribution in [3.05, 3.63) is 111 Å². The van der Waals surface area contributed by atoms with Gasteiger partial charge >= 0.3 is 0 Å². The van der Waals surface area contributed by atoms with E-state index < -0.39 is 23.7 Å². The summed E-state index contributed by atoms with van der Waals surface area (Å²) in [5.41, 5.74) is 3.23. The van der Waals surface area contributed by atoms with Crippen LogP contribution >= 0.6 is 34.5 Å². The molecule has 0 saturated heterocycles. The zero-order chi connectivity index (χ0) is 28.2. The Bertz CT molecular complexity index is 1690. The molecular formula is C29H22Cl2FN5O2S. The summed E-state index contributed by atoms with van der Waals surface area (Å²) < 4.78 is 16.0. The molecule has 1 atom stereocenters. The highest BCUT2D eigenvalue weighted by Gasteiger charge is 2.24. The number of aromatic nitrogens is 3. The summed E-state index contributed by atoms with van der Waals surface area (Å²) >= 11 is 13.7. The van der Waals surface area contributed by atoms with Crippen molar-refractivity contribution >= 4 is 46.4 Å². The van der Waals surface area contributed by atoms with E-state index in [4.69, 9.17) is 28.3 Å². The number of carbonyl (C=O) groups excluding carboxylic acids is 2. The summed E-state index contributed by atoms with van der Waals surface area (Å²) in [5, 5.41) is 10.9. The molecule has 5 aromatic rings. The summed E-state index contributed by atoms with van der Waals surface area (Å²) in [4.78, 5) is 31.1. The molecule has 0 saturated carbocycles. The topological polar surface area (TPSA) is 88.9 Å². The highest BCUT2D eigenvalue weighted by molar-refractivity contribution is 7.17. The molecule has 3 heterocycles. The van der Waals surface area contributed by atoms with E-state index in [1.807, 2.05) is 24.3 Å². The lowest BCUT2D eigenvalue weighted by atomic mass is 10.0. The highest BCUT2D eigenvalue weighted by atomic mass is 35.5. The van der Waals surface area contributed by atoms with Gasteiger partial charge in [-0.25, -0.2) is 9.07 Å². The number of hydrogen-bond acceptors (Lipinski definition) is 5. The largest absolute Gasteiger partial charge is 0.357 e. The van der Waals surface area contributed by atoms with Gasteiger partial charge < -0.3 is 10.6 Å². The van der Waals surface area contributed by atoms with Crippen molar-refractivity contribution in [1.29, 1.82) is 0 Å². The molecule has 0 aliphatic heterocycles. The van der Waals surface area contributed by atoms with Gasteiger partial charge in [0.15, 0.2) is 0 Å². The number of nitrogens with zero attached hydrogens (tertiary/aromatic N) is 3. The van der Waals surface area contributed by atoms with Crippen LogP contribution in [0.4, 0.5) is 4.39 Å². The average Bonchev–Trinajstić information content (AvgIpc) is 3.63. The average molecular weight is 594 g/mol. The Hall–Kier alpha value is -4.05. The van der Waals surface area contributed by atoms with E-state index in [2.05, 4.69) is 15.6 Å². The second-order valence-corrected chi connectivity index (χ2v) is 10.7.